The molecule has 1 aromatic rings. The lowest BCUT2D eigenvalue weighted by atomic mass is 10.1. The smallest absolute Gasteiger partial charge is 0.410 e. The predicted octanol–water partition coefficient (Wildman–Crippen LogP) is 5.94. The van der Waals surface area contributed by atoms with Gasteiger partial charge in [-0.15, -0.1) is 6.42 Å². The Bertz CT molecular complexity index is 1180. The van der Waals surface area contributed by atoms with Crippen LogP contribution in [0.2, 0.25) is 0 Å². The number of likely N-dealkylation sites (tertiary alicyclic amines) is 1. The van der Waals surface area contributed by atoms with E-state index < -0.39 is 17.7 Å². The molecule has 1 unspecified atom stereocenters. The molecule has 2 heterocycles. The van der Waals surface area contributed by atoms with Gasteiger partial charge in [0, 0.05) is 49.5 Å². The third-order valence-electron chi connectivity index (χ3n) is 6.86. The van der Waals surface area contributed by atoms with E-state index >= 15 is 0 Å². The number of hydrogen-bond acceptors (Lipinski definition) is 5. The number of rotatable bonds is 6. The van der Waals surface area contributed by atoms with Crippen molar-refractivity contribution in [2.75, 3.05) is 42.9 Å². The summed E-state index contributed by atoms with van der Waals surface area (Å²) in [6, 6.07) is 4.14. The van der Waals surface area contributed by atoms with Gasteiger partial charge in [-0.05, 0) is 77.3 Å². The molecule has 0 radical (unpaired) electrons. The molecular formula is C29H37Cl2FN4O3. The second-order valence-electron chi connectivity index (χ2n) is 10.8. The lowest BCUT2D eigenvalue weighted by molar-refractivity contribution is -0.136. The zero-order valence-electron chi connectivity index (χ0n) is 23.2. The molecule has 0 aromatic heterocycles. The third-order valence-corrected chi connectivity index (χ3v) is 7.49. The number of carbonyl (C=O) groups is 2. The molecule has 2 amide bonds. The number of halogens is 3. The topological polar surface area (TPSA) is 65.1 Å². The number of anilines is 2. The van der Waals surface area contributed by atoms with Crippen LogP contribution in [-0.4, -0.2) is 72.2 Å². The van der Waals surface area contributed by atoms with Crippen LogP contribution in [-0.2, 0) is 9.53 Å². The first kappa shape index (κ1) is 30.6. The first-order valence-corrected chi connectivity index (χ1v) is 13.9. The van der Waals surface area contributed by atoms with E-state index in [1.165, 1.54) is 12.1 Å². The first-order valence-electron chi connectivity index (χ1n) is 13.1. The molecule has 3 rings (SSSR count). The molecule has 212 valence electrons. The van der Waals surface area contributed by atoms with Gasteiger partial charge in [0.2, 0.25) is 5.91 Å². The SMILES string of the molecule is C#C/C(Cl)=C\C(Cl)=C(/C)C(C)Nc1cc(N2CCN(C(=O)[C@H]3CCCN3C(=O)OC(C)(C)C)CC2)ccc1F. The molecule has 10 heteroatoms. The van der Waals surface area contributed by atoms with Crippen LogP contribution in [0.5, 0.6) is 0 Å². The third kappa shape index (κ3) is 8.06. The molecule has 0 aliphatic carbocycles. The van der Waals surface area contributed by atoms with Crippen LogP contribution in [0, 0.1) is 18.2 Å². The van der Waals surface area contributed by atoms with Crippen molar-refractivity contribution in [1.82, 2.24) is 9.80 Å². The van der Waals surface area contributed by atoms with Crippen molar-refractivity contribution in [1.29, 1.82) is 0 Å². The normalized spacial score (nSPS) is 19.8. The molecule has 1 aromatic carbocycles. The van der Waals surface area contributed by atoms with Crippen LogP contribution in [0.3, 0.4) is 0 Å². The lowest BCUT2D eigenvalue weighted by Crippen LogP contribution is -2.55. The van der Waals surface area contributed by atoms with Gasteiger partial charge in [0.1, 0.15) is 17.5 Å². The fraction of sp³-hybridized carbons (Fsp3) is 0.517. The maximum Gasteiger partial charge on any atom is 0.410 e. The van der Waals surface area contributed by atoms with E-state index in [4.69, 9.17) is 34.4 Å². The van der Waals surface area contributed by atoms with Crippen molar-refractivity contribution < 1.29 is 18.7 Å². The van der Waals surface area contributed by atoms with Gasteiger partial charge in [-0.25, -0.2) is 9.18 Å². The largest absolute Gasteiger partial charge is 0.444 e. The van der Waals surface area contributed by atoms with Crippen LogP contribution in [0.4, 0.5) is 20.6 Å². The monoisotopic (exact) mass is 578 g/mol. The van der Waals surface area contributed by atoms with Crippen molar-refractivity contribution in [3.8, 4) is 12.3 Å². The Morgan fingerprint density at radius 3 is 2.49 bits per heavy atom. The van der Waals surface area contributed by atoms with E-state index in [9.17, 15) is 14.0 Å². The highest BCUT2D eigenvalue weighted by atomic mass is 35.5. The maximum atomic E-state index is 14.7. The molecule has 2 aliphatic rings. The zero-order valence-corrected chi connectivity index (χ0v) is 24.7. The summed E-state index contributed by atoms with van der Waals surface area (Å²) in [6.45, 7) is 11.8. The second kappa shape index (κ2) is 13.0. The molecular weight excluding hydrogens is 542 g/mol. The van der Waals surface area contributed by atoms with Gasteiger partial charge in [0.15, 0.2) is 0 Å². The Balaban J connectivity index is 1.64. The van der Waals surface area contributed by atoms with E-state index in [2.05, 4.69) is 16.1 Å². The Kier molecular flexibility index (Phi) is 10.2. The number of carbonyl (C=O) groups excluding carboxylic acids is 2. The van der Waals surface area contributed by atoms with E-state index in [1.807, 2.05) is 34.6 Å². The fourth-order valence-electron chi connectivity index (χ4n) is 4.59. The highest BCUT2D eigenvalue weighted by molar-refractivity contribution is 6.36. The van der Waals surface area contributed by atoms with Gasteiger partial charge in [-0.1, -0.05) is 29.1 Å². The summed E-state index contributed by atoms with van der Waals surface area (Å²) in [5.41, 5.74) is 1.33. The quantitative estimate of drug-likeness (QED) is 0.334. The van der Waals surface area contributed by atoms with Gasteiger partial charge >= 0.3 is 6.09 Å². The molecule has 39 heavy (non-hydrogen) atoms. The molecule has 7 nitrogen and oxygen atoms in total. The summed E-state index contributed by atoms with van der Waals surface area (Å²) in [7, 11) is 0. The summed E-state index contributed by atoms with van der Waals surface area (Å²) in [5.74, 6) is 1.87. The van der Waals surface area contributed by atoms with Crippen molar-refractivity contribution >= 4 is 46.6 Å². The van der Waals surface area contributed by atoms with E-state index in [0.29, 0.717) is 49.9 Å². The molecule has 0 saturated carbocycles. The van der Waals surface area contributed by atoms with Crippen LogP contribution in [0.25, 0.3) is 0 Å². The van der Waals surface area contributed by atoms with Gasteiger partial charge < -0.3 is 19.9 Å². The lowest BCUT2D eigenvalue weighted by Gasteiger charge is -2.38. The van der Waals surface area contributed by atoms with Crippen LogP contribution >= 0.6 is 23.2 Å². The summed E-state index contributed by atoms with van der Waals surface area (Å²) >= 11 is 12.2. The molecule has 2 aliphatic heterocycles. The van der Waals surface area contributed by atoms with Gasteiger partial charge in [0.05, 0.1) is 10.7 Å². The zero-order chi connectivity index (χ0) is 28.9. The van der Waals surface area contributed by atoms with Crippen molar-refractivity contribution in [3.05, 3.63) is 45.7 Å². The van der Waals surface area contributed by atoms with Crippen molar-refractivity contribution in [3.63, 3.8) is 0 Å². The minimum absolute atomic E-state index is 0.0496. The number of benzene rings is 1. The number of piperazine rings is 1. The first-order chi connectivity index (χ1) is 18.3. The van der Waals surface area contributed by atoms with E-state index in [0.717, 1.165) is 17.7 Å². The van der Waals surface area contributed by atoms with Gasteiger partial charge in [0.25, 0.3) is 0 Å². The number of hydrogen-bond donors (Lipinski definition) is 1. The summed E-state index contributed by atoms with van der Waals surface area (Å²) in [5, 5.41) is 3.75. The molecule has 0 bridgehead atoms. The summed E-state index contributed by atoms with van der Waals surface area (Å²) in [6.07, 6.45) is 7.72. The average Bonchev–Trinajstić information content (AvgIpc) is 3.38. The van der Waals surface area contributed by atoms with E-state index in [1.54, 1.807) is 21.9 Å². The number of terminal acetylenes is 1. The molecule has 0 spiro atoms. The average molecular weight is 580 g/mol. The van der Waals surface area contributed by atoms with Crippen molar-refractivity contribution in [2.24, 2.45) is 0 Å². The number of allylic oxidation sites excluding steroid dienone is 3. The molecule has 1 N–H and O–H groups in total. The van der Waals surface area contributed by atoms with E-state index in [-0.39, 0.29) is 22.8 Å². The Labute approximate surface area is 240 Å². The second-order valence-corrected chi connectivity index (χ2v) is 11.7. The Hall–Kier alpha value is -2.89. The Morgan fingerprint density at radius 2 is 1.87 bits per heavy atom. The summed E-state index contributed by atoms with van der Waals surface area (Å²) in [4.78, 5) is 31.4. The van der Waals surface area contributed by atoms with Crippen LogP contribution in [0.1, 0.15) is 47.5 Å². The molecule has 2 saturated heterocycles. The number of nitrogens with zero attached hydrogens (tertiary/aromatic N) is 3. The number of amides is 2. The highest BCUT2D eigenvalue weighted by Crippen LogP contribution is 2.28. The maximum absolute atomic E-state index is 14.7. The minimum Gasteiger partial charge on any atom is -0.444 e. The minimum atomic E-state index is -0.618. The molecule has 2 atom stereocenters. The van der Waals surface area contributed by atoms with Crippen LogP contribution < -0.4 is 10.2 Å². The van der Waals surface area contributed by atoms with Crippen molar-refractivity contribution in [2.45, 2.75) is 65.1 Å². The standard InChI is InChI=1S/C29H37Cl2FN4O3/c1-7-21(30)17-23(31)19(2)20(3)33-25-18-22(10-11-24(25)32)34-13-15-35(16-14-34)27(37)26-9-8-12-36(26)28(38)39-29(4,5)6/h1,10-11,17-18,20,26,33H,8-9,12-16H2,2-6H3/b21-17+,23-19-/t20?,26-/m1/s1. The van der Waals surface area contributed by atoms with Crippen LogP contribution in [0.15, 0.2) is 39.9 Å². The number of nitrogens with one attached hydrogen (secondary N) is 1. The highest BCUT2D eigenvalue weighted by Gasteiger charge is 2.39. The summed E-state index contributed by atoms with van der Waals surface area (Å²) < 4.78 is 20.2. The van der Waals surface area contributed by atoms with Gasteiger partial charge in [-0.3, -0.25) is 9.69 Å². The Morgan fingerprint density at radius 1 is 1.21 bits per heavy atom. The fourth-order valence-corrected chi connectivity index (χ4v) is 5.03. The van der Waals surface area contributed by atoms with Gasteiger partial charge in [-0.2, -0.15) is 0 Å². The molecule has 2 fully saturated rings. The predicted molar refractivity (Wildman–Crippen MR) is 156 cm³/mol. The number of ether oxygens (including phenoxy) is 1.